The first-order valence-electron chi connectivity index (χ1n) is 12.6. The molecule has 0 spiro atoms. The Bertz CT molecular complexity index is 972. The zero-order chi connectivity index (χ0) is 26.3. The Morgan fingerprint density at radius 3 is 2.28 bits per heavy atom. The molecule has 3 rings (SSSR count). The first kappa shape index (κ1) is 28.1. The van der Waals surface area contributed by atoms with E-state index in [1.165, 1.54) is 17.7 Å². The molecule has 0 bridgehead atoms. The maximum Gasteiger partial charge on any atom is 0.389 e. The quantitative estimate of drug-likeness (QED) is 0.318. The summed E-state index contributed by atoms with van der Waals surface area (Å²) in [5.74, 6) is -2.38. The highest BCUT2D eigenvalue weighted by molar-refractivity contribution is 5.67. The van der Waals surface area contributed by atoms with Crippen LogP contribution in [0, 0.1) is 17.6 Å². The van der Waals surface area contributed by atoms with Gasteiger partial charge in [0, 0.05) is 31.0 Å². The standard InChI is InChI=1S/C28H34F5NO2/c1-2-3-19-4-7-22(8-5-19)26-16-21(17-27(35)36)11-13-34(26)25(10-12-28(31,32)33)9-6-20-14-23(29)18-24(30)15-20/h4-5,7-8,14-15,18,21,25-26H,2-3,6,9-13,16-17H2,1H3,(H,35,36)/t21-,25-,26+/m1/s1. The number of alkyl halides is 3. The predicted octanol–water partition coefficient (Wildman–Crippen LogP) is 7.49. The van der Waals surface area contributed by atoms with E-state index in [2.05, 4.69) is 11.8 Å². The zero-order valence-electron chi connectivity index (χ0n) is 20.5. The normalized spacial score (nSPS) is 19.8. The molecule has 1 fully saturated rings. The first-order valence-corrected chi connectivity index (χ1v) is 12.6. The summed E-state index contributed by atoms with van der Waals surface area (Å²) in [4.78, 5) is 13.4. The number of likely N-dealkylation sites (tertiary alicyclic amines) is 1. The van der Waals surface area contributed by atoms with Crippen LogP contribution >= 0.6 is 0 Å². The lowest BCUT2D eigenvalue weighted by Crippen LogP contribution is -2.44. The van der Waals surface area contributed by atoms with Crippen LogP contribution in [0.25, 0.3) is 0 Å². The highest BCUT2D eigenvalue weighted by Crippen LogP contribution is 2.39. The lowest BCUT2D eigenvalue weighted by Gasteiger charge is -2.44. The van der Waals surface area contributed by atoms with Crippen molar-refractivity contribution < 1.29 is 31.9 Å². The molecular formula is C28H34F5NO2. The van der Waals surface area contributed by atoms with E-state index in [9.17, 15) is 31.9 Å². The van der Waals surface area contributed by atoms with E-state index in [0.29, 0.717) is 31.4 Å². The molecule has 198 valence electrons. The average Bonchev–Trinajstić information content (AvgIpc) is 2.78. The third-order valence-electron chi connectivity index (χ3n) is 7.04. The molecule has 2 aromatic carbocycles. The minimum absolute atomic E-state index is 0.0219. The summed E-state index contributed by atoms with van der Waals surface area (Å²) in [5.41, 5.74) is 2.54. The van der Waals surface area contributed by atoms with Crippen LogP contribution in [0.5, 0.6) is 0 Å². The van der Waals surface area contributed by atoms with Gasteiger partial charge < -0.3 is 5.11 Å². The third-order valence-corrected chi connectivity index (χ3v) is 7.04. The fourth-order valence-corrected chi connectivity index (χ4v) is 5.34. The molecule has 0 saturated carbocycles. The number of carboxylic acid groups (broad SMARTS) is 1. The molecule has 8 heteroatoms. The SMILES string of the molecule is CCCc1ccc([C@@H]2C[C@H](CC(=O)O)CCN2[C@H](CCc2cc(F)cc(F)c2)CCC(F)(F)F)cc1. The summed E-state index contributed by atoms with van der Waals surface area (Å²) in [6.45, 7) is 2.56. The van der Waals surface area contributed by atoms with Crippen molar-refractivity contribution in [2.24, 2.45) is 5.92 Å². The molecule has 0 aliphatic carbocycles. The molecular weight excluding hydrogens is 477 g/mol. The Kier molecular flexibility index (Phi) is 9.88. The second kappa shape index (κ2) is 12.7. The van der Waals surface area contributed by atoms with Crippen LogP contribution < -0.4 is 0 Å². The number of hydrogen-bond acceptors (Lipinski definition) is 2. The van der Waals surface area contributed by atoms with Crippen molar-refractivity contribution in [2.45, 2.75) is 83.0 Å². The van der Waals surface area contributed by atoms with E-state index >= 15 is 0 Å². The van der Waals surface area contributed by atoms with Gasteiger partial charge >= 0.3 is 12.1 Å². The monoisotopic (exact) mass is 511 g/mol. The zero-order valence-corrected chi connectivity index (χ0v) is 20.5. The number of hydrogen-bond donors (Lipinski definition) is 1. The lowest BCUT2D eigenvalue weighted by molar-refractivity contribution is -0.141. The number of benzene rings is 2. The maximum absolute atomic E-state index is 13.7. The third kappa shape index (κ3) is 8.57. The van der Waals surface area contributed by atoms with Crippen LogP contribution in [0.2, 0.25) is 0 Å². The Balaban J connectivity index is 1.87. The van der Waals surface area contributed by atoms with Gasteiger partial charge in [-0.2, -0.15) is 13.2 Å². The van der Waals surface area contributed by atoms with Gasteiger partial charge in [-0.05, 0) is 79.8 Å². The van der Waals surface area contributed by atoms with E-state index in [-0.39, 0.29) is 31.2 Å². The maximum atomic E-state index is 13.7. The fourth-order valence-electron chi connectivity index (χ4n) is 5.34. The van der Waals surface area contributed by atoms with Crippen molar-refractivity contribution in [1.82, 2.24) is 4.90 Å². The average molecular weight is 512 g/mol. The van der Waals surface area contributed by atoms with Crippen LogP contribution in [0.3, 0.4) is 0 Å². The molecule has 3 nitrogen and oxygen atoms in total. The molecule has 0 radical (unpaired) electrons. The number of piperidine rings is 1. The fraction of sp³-hybridized carbons (Fsp3) is 0.536. The first-order chi connectivity index (χ1) is 17.0. The molecule has 0 amide bonds. The summed E-state index contributed by atoms with van der Waals surface area (Å²) >= 11 is 0. The second-order valence-electron chi connectivity index (χ2n) is 9.86. The molecule has 36 heavy (non-hydrogen) atoms. The molecule has 3 atom stereocenters. The smallest absolute Gasteiger partial charge is 0.389 e. The highest BCUT2D eigenvalue weighted by Gasteiger charge is 2.37. The largest absolute Gasteiger partial charge is 0.481 e. The van der Waals surface area contributed by atoms with Gasteiger partial charge in [0.1, 0.15) is 11.6 Å². The van der Waals surface area contributed by atoms with Gasteiger partial charge in [-0.15, -0.1) is 0 Å². The predicted molar refractivity (Wildman–Crippen MR) is 129 cm³/mol. The molecule has 0 aromatic heterocycles. The van der Waals surface area contributed by atoms with Crippen molar-refractivity contribution in [3.05, 3.63) is 70.8 Å². The van der Waals surface area contributed by atoms with Crippen molar-refractivity contribution in [2.75, 3.05) is 6.54 Å². The van der Waals surface area contributed by atoms with Crippen molar-refractivity contribution in [3.8, 4) is 0 Å². The van der Waals surface area contributed by atoms with E-state index in [0.717, 1.165) is 24.5 Å². The highest BCUT2D eigenvalue weighted by atomic mass is 19.4. The second-order valence-corrected chi connectivity index (χ2v) is 9.86. The number of nitrogens with zero attached hydrogens (tertiary/aromatic N) is 1. The minimum atomic E-state index is -4.32. The Morgan fingerprint density at radius 1 is 1.03 bits per heavy atom. The number of halogens is 5. The van der Waals surface area contributed by atoms with Crippen LogP contribution in [-0.4, -0.2) is 34.7 Å². The summed E-state index contributed by atoms with van der Waals surface area (Å²) in [7, 11) is 0. The van der Waals surface area contributed by atoms with Gasteiger partial charge in [-0.1, -0.05) is 37.6 Å². The van der Waals surface area contributed by atoms with Crippen LogP contribution in [0.15, 0.2) is 42.5 Å². The van der Waals surface area contributed by atoms with E-state index in [4.69, 9.17) is 0 Å². The molecule has 1 heterocycles. The summed E-state index contributed by atoms with van der Waals surface area (Å²) in [6, 6.07) is 10.6. The van der Waals surface area contributed by atoms with Crippen molar-refractivity contribution in [1.29, 1.82) is 0 Å². The van der Waals surface area contributed by atoms with Gasteiger partial charge in [0.2, 0.25) is 0 Å². The Morgan fingerprint density at radius 2 is 1.69 bits per heavy atom. The molecule has 2 aromatic rings. The summed E-state index contributed by atoms with van der Waals surface area (Å²) < 4.78 is 67.0. The molecule has 1 saturated heterocycles. The van der Waals surface area contributed by atoms with E-state index in [1.807, 2.05) is 24.3 Å². The number of carboxylic acids is 1. The number of aliphatic carboxylic acids is 1. The van der Waals surface area contributed by atoms with Crippen LogP contribution in [0.1, 0.15) is 74.6 Å². The van der Waals surface area contributed by atoms with Gasteiger partial charge in [0.25, 0.3) is 0 Å². The topological polar surface area (TPSA) is 40.5 Å². The van der Waals surface area contributed by atoms with Gasteiger partial charge in [-0.3, -0.25) is 9.69 Å². The molecule has 0 unspecified atom stereocenters. The summed E-state index contributed by atoms with van der Waals surface area (Å²) in [5, 5.41) is 9.32. The van der Waals surface area contributed by atoms with Crippen molar-refractivity contribution >= 4 is 5.97 Å². The number of carbonyl (C=O) groups is 1. The van der Waals surface area contributed by atoms with Crippen LogP contribution in [-0.2, 0) is 17.6 Å². The van der Waals surface area contributed by atoms with Gasteiger partial charge in [0.15, 0.2) is 0 Å². The summed E-state index contributed by atoms with van der Waals surface area (Å²) in [6.07, 6.45) is -1.78. The Hall–Kier alpha value is -2.48. The van der Waals surface area contributed by atoms with E-state index < -0.39 is 36.2 Å². The van der Waals surface area contributed by atoms with E-state index in [1.54, 1.807) is 0 Å². The van der Waals surface area contributed by atoms with Crippen molar-refractivity contribution in [3.63, 3.8) is 0 Å². The molecule has 1 aliphatic rings. The van der Waals surface area contributed by atoms with Gasteiger partial charge in [0.05, 0.1) is 0 Å². The molecule has 1 N–H and O–H groups in total. The molecule has 1 aliphatic heterocycles. The van der Waals surface area contributed by atoms with Crippen LogP contribution in [0.4, 0.5) is 22.0 Å². The number of rotatable bonds is 11. The Labute approximate surface area is 209 Å². The number of aryl methyl sites for hydroxylation is 2. The van der Waals surface area contributed by atoms with Gasteiger partial charge in [-0.25, -0.2) is 8.78 Å². The minimum Gasteiger partial charge on any atom is -0.481 e. The lowest BCUT2D eigenvalue weighted by atomic mass is 9.83.